The van der Waals surface area contributed by atoms with Crippen LogP contribution >= 0.6 is 0 Å². The van der Waals surface area contributed by atoms with Gasteiger partial charge >= 0.3 is 0 Å². The molecule has 8 aromatic rings. The molecule has 2 aromatic heterocycles. The van der Waals surface area contributed by atoms with E-state index in [-0.39, 0.29) is 0 Å². The van der Waals surface area contributed by atoms with Crippen LogP contribution in [0.15, 0.2) is 146 Å². The zero-order valence-corrected chi connectivity index (χ0v) is 25.0. The van der Waals surface area contributed by atoms with Gasteiger partial charge in [-0.3, -0.25) is 0 Å². The lowest BCUT2D eigenvalue weighted by Gasteiger charge is -2.15. The molecule has 47 heavy (non-hydrogen) atoms. The van der Waals surface area contributed by atoms with Gasteiger partial charge in [0.2, 0.25) is 0 Å². The maximum absolute atomic E-state index is 9.76. The van der Waals surface area contributed by atoms with E-state index in [9.17, 15) is 10.5 Å². The maximum Gasteiger partial charge on any atom is 0.164 e. The van der Waals surface area contributed by atoms with Gasteiger partial charge in [0.05, 0.1) is 34.3 Å². The molecule has 0 fully saturated rings. The number of benzene rings is 6. The van der Waals surface area contributed by atoms with Crippen LogP contribution in [0.2, 0.25) is 0 Å². The molecule has 0 unspecified atom stereocenters. The molecule has 0 aliphatic rings. The van der Waals surface area contributed by atoms with Crippen molar-refractivity contribution in [1.82, 2.24) is 19.5 Å². The summed E-state index contributed by atoms with van der Waals surface area (Å²) in [6.45, 7) is 0. The molecule has 6 aromatic carbocycles. The minimum Gasteiger partial charge on any atom is -0.309 e. The van der Waals surface area contributed by atoms with Crippen LogP contribution in [0.1, 0.15) is 11.1 Å². The second-order valence-corrected chi connectivity index (χ2v) is 11.2. The number of aromatic nitrogens is 4. The highest BCUT2D eigenvalue weighted by molar-refractivity contribution is 6.09. The molecule has 0 spiro atoms. The van der Waals surface area contributed by atoms with Crippen LogP contribution in [-0.4, -0.2) is 19.5 Å². The van der Waals surface area contributed by atoms with Crippen LogP contribution in [0.4, 0.5) is 0 Å². The zero-order chi connectivity index (χ0) is 31.7. The Bertz CT molecular complexity index is 2460. The average molecular weight is 601 g/mol. The minimum atomic E-state index is 0.525. The normalized spacial score (nSPS) is 10.9. The average Bonchev–Trinajstić information content (AvgIpc) is 3.48. The van der Waals surface area contributed by atoms with E-state index in [1.54, 1.807) is 0 Å². The van der Waals surface area contributed by atoms with E-state index in [2.05, 4.69) is 47.0 Å². The summed E-state index contributed by atoms with van der Waals surface area (Å²) in [5, 5.41) is 21.4. The summed E-state index contributed by atoms with van der Waals surface area (Å²) in [4.78, 5) is 15.0. The summed E-state index contributed by atoms with van der Waals surface area (Å²) in [7, 11) is 0. The van der Waals surface area contributed by atoms with Crippen molar-refractivity contribution in [2.45, 2.75) is 0 Å². The highest BCUT2D eigenvalue weighted by Crippen LogP contribution is 2.38. The fourth-order valence-electron chi connectivity index (χ4n) is 6.08. The number of fused-ring (bicyclic) bond motifs is 3. The van der Waals surface area contributed by atoms with Gasteiger partial charge in [-0.25, -0.2) is 15.0 Å². The van der Waals surface area contributed by atoms with Gasteiger partial charge in [-0.05, 0) is 53.6 Å². The van der Waals surface area contributed by atoms with E-state index in [0.29, 0.717) is 28.6 Å². The largest absolute Gasteiger partial charge is 0.309 e. The third-order valence-corrected chi connectivity index (χ3v) is 8.33. The Kier molecular flexibility index (Phi) is 6.80. The SMILES string of the molecule is N#Cc1ccc(-c2ccc(-n3c4ccccc4c4ccc(C#N)cc43)cc2-c2nc(-c3ccccc3)nc(-c3ccccc3)n2)cc1. The summed E-state index contributed by atoms with van der Waals surface area (Å²) in [6, 6.07) is 52.2. The van der Waals surface area contributed by atoms with Crippen LogP contribution in [0.3, 0.4) is 0 Å². The first-order chi connectivity index (χ1) is 23.2. The topological polar surface area (TPSA) is 91.2 Å². The summed E-state index contributed by atoms with van der Waals surface area (Å²) in [5.41, 5.74) is 8.48. The highest BCUT2D eigenvalue weighted by atomic mass is 15.0. The summed E-state index contributed by atoms with van der Waals surface area (Å²) < 4.78 is 2.19. The third-order valence-electron chi connectivity index (χ3n) is 8.33. The smallest absolute Gasteiger partial charge is 0.164 e. The van der Waals surface area contributed by atoms with Crippen LogP contribution in [-0.2, 0) is 0 Å². The van der Waals surface area contributed by atoms with E-state index >= 15 is 0 Å². The standard InChI is InChI=1S/C41H24N6/c42-25-27-15-18-29(19-16-27)33-22-20-32(47-37-14-8-7-13-34(37)35-21-17-28(26-43)23-38(35)47)24-36(33)41-45-39(30-9-3-1-4-10-30)44-40(46-41)31-11-5-2-6-12-31/h1-24H. The zero-order valence-electron chi connectivity index (χ0n) is 25.0. The van der Waals surface area contributed by atoms with Crippen molar-refractivity contribution in [1.29, 1.82) is 10.5 Å². The first-order valence-electron chi connectivity index (χ1n) is 15.2. The van der Waals surface area contributed by atoms with E-state index in [4.69, 9.17) is 15.0 Å². The fraction of sp³-hybridized carbons (Fsp3) is 0. The van der Waals surface area contributed by atoms with Crippen molar-refractivity contribution in [3.05, 3.63) is 157 Å². The lowest BCUT2D eigenvalue weighted by molar-refractivity contribution is 1.07. The van der Waals surface area contributed by atoms with Gasteiger partial charge in [-0.15, -0.1) is 0 Å². The molecule has 0 radical (unpaired) electrons. The van der Waals surface area contributed by atoms with Crippen LogP contribution in [0, 0.1) is 22.7 Å². The van der Waals surface area contributed by atoms with Crippen molar-refractivity contribution in [2.75, 3.05) is 0 Å². The minimum absolute atomic E-state index is 0.525. The van der Waals surface area contributed by atoms with Gasteiger partial charge in [0.1, 0.15) is 0 Å². The Labute approximate surface area is 271 Å². The third kappa shape index (κ3) is 4.97. The lowest BCUT2D eigenvalue weighted by Crippen LogP contribution is -2.02. The Morgan fingerprint density at radius 1 is 0.426 bits per heavy atom. The Balaban J connectivity index is 1.43. The molecule has 0 amide bonds. The molecule has 2 heterocycles. The number of para-hydroxylation sites is 1. The van der Waals surface area contributed by atoms with Crippen LogP contribution in [0.25, 0.3) is 72.8 Å². The van der Waals surface area contributed by atoms with Gasteiger partial charge in [-0.2, -0.15) is 10.5 Å². The number of hydrogen-bond donors (Lipinski definition) is 0. The fourth-order valence-corrected chi connectivity index (χ4v) is 6.08. The predicted octanol–water partition coefficient (Wildman–Crippen LogP) is 9.38. The molecular weight excluding hydrogens is 576 g/mol. The van der Waals surface area contributed by atoms with Crippen molar-refractivity contribution in [2.24, 2.45) is 0 Å². The highest BCUT2D eigenvalue weighted by Gasteiger charge is 2.19. The second-order valence-electron chi connectivity index (χ2n) is 11.2. The van der Waals surface area contributed by atoms with Crippen LogP contribution in [0.5, 0.6) is 0 Å². The molecule has 6 heteroatoms. The Morgan fingerprint density at radius 2 is 1.00 bits per heavy atom. The molecule has 0 aliphatic carbocycles. The summed E-state index contributed by atoms with van der Waals surface area (Å²) >= 11 is 0. The summed E-state index contributed by atoms with van der Waals surface area (Å²) in [6.07, 6.45) is 0. The molecule has 0 N–H and O–H groups in total. The van der Waals surface area contributed by atoms with Gasteiger partial charge < -0.3 is 4.57 Å². The van der Waals surface area contributed by atoms with Gasteiger partial charge in [0.15, 0.2) is 17.5 Å². The van der Waals surface area contributed by atoms with Crippen molar-refractivity contribution >= 4 is 21.8 Å². The summed E-state index contributed by atoms with van der Waals surface area (Å²) in [5.74, 6) is 1.67. The molecule has 0 saturated carbocycles. The molecule has 0 saturated heterocycles. The first-order valence-corrected chi connectivity index (χ1v) is 15.2. The molecule has 218 valence electrons. The van der Waals surface area contributed by atoms with E-state index in [1.807, 2.05) is 115 Å². The molecule has 0 aliphatic heterocycles. The molecule has 0 atom stereocenters. The number of rotatable bonds is 5. The number of nitriles is 2. The Hall–Kier alpha value is -6.89. The molecular formula is C41H24N6. The Morgan fingerprint density at radius 3 is 1.66 bits per heavy atom. The van der Waals surface area contributed by atoms with Gasteiger partial charge in [0.25, 0.3) is 0 Å². The first kappa shape index (κ1) is 27.6. The monoisotopic (exact) mass is 600 g/mol. The molecule has 0 bridgehead atoms. The van der Waals surface area contributed by atoms with Crippen molar-refractivity contribution in [3.8, 4) is 63.1 Å². The number of nitrogens with zero attached hydrogens (tertiary/aromatic N) is 6. The second kappa shape index (κ2) is 11.6. The van der Waals surface area contributed by atoms with Crippen LogP contribution < -0.4 is 0 Å². The molecule has 6 nitrogen and oxygen atoms in total. The van der Waals surface area contributed by atoms with E-state index in [1.165, 1.54) is 0 Å². The molecule has 8 rings (SSSR count). The van der Waals surface area contributed by atoms with E-state index in [0.717, 1.165) is 55.3 Å². The van der Waals surface area contributed by atoms with Crippen molar-refractivity contribution in [3.63, 3.8) is 0 Å². The number of hydrogen-bond acceptors (Lipinski definition) is 5. The van der Waals surface area contributed by atoms with E-state index < -0.39 is 0 Å². The quantitative estimate of drug-likeness (QED) is 0.196. The van der Waals surface area contributed by atoms with Crippen molar-refractivity contribution < 1.29 is 0 Å². The van der Waals surface area contributed by atoms with Gasteiger partial charge in [-0.1, -0.05) is 103 Å². The maximum atomic E-state index is 9.76. The lowest BCUT2D eigenvalue weighted by atomic mass is 9.97. The van der Waals surface area contributed by atoms with Gasteiger partial charge in [0, 0.05) is 33.2 Å². The predicted molar refractivity (Wildman–Crippen MR) is 185 cm³/mol.